The summed E-state index contributed by atoms with van der Waals surface area (Å²) in [6.45, 7) is 2.30. The van der Waals surface area contributed by atoms with Gasteiger partial charge in [-0.15, -0.1) is 0 Å². The van der Waals surface area contributed by atoms with Gasteiger partial charge in [-0.3, -0.25) is 9.78 Å². The summed E-state index contributed by atoms with van der Waals surface area (Å²) in [5, 5.41) is 7.14. The first kappa shape index (κ1) is 21.1. The van der Waals surface area contributed by atoms with Crippen LogP contribution in [0.2, 0.25) is 0 Å². The number of imidazole rings is 1. The molecule has 1 fully saturated rings. The highest BCUT2D eigenvalue weighted by Crippen LogP contribution is 2.42. The lowest BCUT2D eigenvalue weighted by atomic mass is 9.83. The Morgan fingerprint density at radius 2 is 2.10 bits per heavy atom. The minimum atomic E-state index is -4.20. The zero-order valence-electron chi connectivity index (χ0n) is 17.2. The van der Waals surface area contributed by atoms with Gasteiger partial charge in [0.1, 0.15) is 5.69 Å². The summed E-state index contributed by atoms with van der Waals surface area (Å²) in [5.41, 5.74) is 0.0444. The van der Waals surface area contributed by atoms with Crippen LogP contribution >= 0.6 is 0 Å². The molecule has 1 aliphatic carbocycles. The van der Waals surface area contributed by atoms with Crippen LogP contribution in [-0.4, -0.2) is 44.7 Å². The summed E-state index contributed by atoms with van der Waals surface area (Å²) in [5.74, 6) is -0.897. The summed E-state index contributed by atoms with van der Waals surface area (Å²) in [7, 11) is 1.68. The summed E-state index contributed by atoms with van der Waals surface area (Å²) < 4.78 is 40.5. The topological polar surface area (TPSA) is 84.6 Å². The molecule has 8 nitrogen and oxygen atoms in total. The molecule has 0 unspecified atom stereocenters. The molecule has 166 valence electrons. The van der Waals surface area contributed by atoms with Crippen molar-refractivity contribution in [3.05, 3.63) is 42.2 Å². The Morgan fingerprint density at radius 3 is 2.71 bits per heavy atom. The van der Waals surface area contributed by atoms with E-state index in [4.69, 9.17) is 4.84 Å². The smallest absolute Gasteiger partial charge is 0.365 e. The van der Waals surface area contributed by atoms with Crippen molar-refractivity contribution < 1.29 is 22.8 Å². The van der Waals surface area contributed by atoms with E-state index in [0.717, 1.165) is 0 Å². The van der Waals surface area contributed by atoms with Crippen molar-refractivity contribution in [2.24, 2.45) is 18.1 Å². The first-order valence-corrected chi connectivity index (χ1v) is 10.1. The van der Waals surface area contributed by atoms with Crippen molar-refractivity contribution in [3.8, 4) is 0 Å². The van der Waals surface area contributed by atoms with Gasteiger partial charge < -0.3 is 19.6 Å². The summed E-state index contributed by atoms with van der Waals surface area (Å²) in [6.07, 6.45) is 0.809. The number of nitrogens with zero attached hydrogens (tertiary/aromatic N) is 5. The van der Waals surface area contributed by atoms with Crippen molar-refractivity contribution in [2.45, 2.75) is 44.5 Å². The minimum Gasteiger partial charge on any atom is -0.365 e. The third kappa shape index (κ3) is 3.96. The Balaban J connectivity index is 1.49. The van der Waals surface area contributed by atoms with E-state index in [1.54, 1.807) is 41.0 Å². The molecule has 2 aromatic heterocycles. The Bertz CT molecular complexity index is 981. The van der Waals surface area contributed by atoms with Crippen LogP contribution in [-0.2, 0) is 11.9 Å². The molecule has 1 aliphatic heterocycles. The summed E-state index contributed by atoms with van der Waals surface area (Å²) >= 11 is 0. The van der Waals surface area contributed by atoms with Gasteiger partial charge in [-0.2, -0.15) is 13.2 Å². The molecule has 0 aromatic carbocycles. The lowest BCUT2D eigenvalue weighted by molar-refractivity contribution is -0.196. The standard InChI is InChI=1S/C20H23F3N6O2/c1-3-29(14-5-4-10-24-11-14)18(30)15-12-25-17(28(15)2)16-26-19(31-27-16)8-6-13(7-9-19)20(21,22)23/h4-5,10-13H,3,6-9H2,1-2H3,(H,26,27). The Morgan fingerprint density at radius 1 is 1.35 bits per heavy atom. The molecule has 4 rings (SSSR count). The number of oxime groups is 1. The second-order valence-electron chi connectivity index (χ2n) is 7.75. The van der Waals surface area contributed by atoms with Crippen LogP contribution in [0, 0.1) is 5.92 Å². The molecule has 0 radical (unpaired) electrons. The maximum Gasteiger partial charge on any atom is 0.391 e. The lowest BCUT2D eigenvalue weighted by Crippen LogP contribution is -2.49. The molecule has 1 saturated carbocycles. The quantitative estimate of drug-likeness (QED) is 0.796. The van der Waals surface area contributed by atoms with Gasteiger partial charge in [0.25, 0.3) is 5.91 Å². The summed E-state index contributed by atoms with van der Waals surface area (Å²) in [4.78, 5) is 28.6. The number of rotatable bonds is 4. The van der Waals surface area contributed by atoms with Gasteiger partial charge in [-0.25, -0.2) is 4.98 Å². The van der Waals surface area contributed by atoms with E-state index in [-0.39, 0.29) is 31.6 Å². The molecule has 1 amide bonds. The van der Waals surface area contributed by atoms with Gasteiger partial charge >= 0.3 is 6.18 Å². The summed E-state index contributed by atoms with van der Waals surface area (Å²) in [6, 6.07) is 3.55. The second-order valence-corrected chi connectivity index (χ2v) is 7.75. The zero-order valence-corrected chi connectivity index (χ0v) is 17.2. The number of amidine groups is 1. The van der Waals surface area contributed by atoms with Crippen LogP contribution in [0.4, 0.5) is 18.9 Å². The average molecular weight is 436 g/mol. The van der Waals surface area contributed by atoms with Crippen molar-refractivity contribution in [1.82, 2.24) is 19.9 Å². The number of carbonyl (C=O) groups excluding carboxylic acids is 1. The first-order chi connectivity index (χ1) is 14.7. The number of halogens is 3. The fourth-order valence-corrected chi connectivity index (χ4v) is 4.04. The van der Waals surface area contributed by atoms with Crippen molar-refractivity contribution in [3.63, 3.8) is 0 Å². The van der Waals surface area contributed by atoms with E-state index in [1.807, 2.05) is 6.92 Å². The van der Waals surface area contributed by atoms with Gasteiger partial charge in [-0.1, -0.05) is 5.16 Å². The number of alkyl halides is 3. The van der Waals surface area contributed by atoms with E-state index < -0.39 is 17.8 Å². The van der Waals surface area contributed by atoms with Crippen LogP contribution in [0.3, 0.4) is 0 Å². The molecule has 2 aliphatic rings. The molecular weight excluding hydrogens is 413 g/mol. The van der Waals surface area contributed by atoms with Crippen LogP contribution in [0.25, 0.3) is 0 Å². The van der Waals surface area contributed by atoms with Crippen LogP contribution in [0.5, 0.6) is 0 Å². The van der Waals surface area contributed by atoms with Gasteiger partial charge in [0.15, 0.2) is 5.82 Å². The SMILES string of the molecule is CCN(C(=O)c1cnc(C2=NOC3(CCC(C(F)(F)F)CC3)N2)n1C)c1cccnc1. The number of aromatic nitrogens is 3. The predicted molar refractivity (Wildman–Crippen MR) is 106 cm³/mol. The molecular formula is C20H23F3N6O2. The monoisotopic (exact) mass is 436 g/mol. The number of hydrogen-bond donors (Lipinski definition) is 1. The minimum absolute atomic E-state index is 0.0276. The van der Waals surface area contributed by atoms with Crippen molar-refractivity contribution in [1.29, 1.82) is 0 Å². The molecule has 0 atom stereocenters. The third-order valence-electron chi connectivity index (χ3n) is 5.85. The number of hydrogen-bond acceptors (Lipinski definition) is 6. The van der Waals surface area contributed by atoms with E-state index in [9.17, 15) is 18.0 Å². The van der Waals surface area contributed by atoms with Gasteiger partial charge in [0.05, 0.1) is 24.0 Å². The number of anilines is 1. The molecule has 0 saturated heterocycles. The van der Waals surface area contributed by atoms with E-state index in [0.29, 0.717) is 29.6 Å². The van der Waals surface area contributed by atoms with E-state index in [1.165, 1.54) is 6.20 Å². The molecule has 0 bridgehead atoms. The maximum atomic E-state index is 13.1. The number of pyridine rings is 1. The Labute approximate surface area is 177 Å². The number of amides is 1. The highest BCUT2D eigenvalue weighted by molar-refractivity contribution is 6.06. The average Bonchev–Trinajstić information content (AvgIpc) is 3.32. The van der Waals surface area contributed by atoms with Crippen LogP contribution in [0.15, 0.2) is 35.9 Å². The van der Waals surface area contributed by atoms with Crippen molar-refractivity contribution >= 4 is 17.4 Å². The molecule has 1 N–H and O–H groups in total. The highest BCUT2D eigenvalue weighted by atomic mass is 19.4. The van der Waals surface area contributed by atoms with Gasteiger partial charge in [-0.05, 0) is 31.9 Å². The third-order valence-corrected chi connectivity index (χ3v) is 5.85. The normalized spacial score (nSPS) is 23.3. The Kier molecular flexibility index (Phi) is 5.36. The lowest BCUT2D eigenvalue weighted by Gasteiger charge is -2.35. The zero-order chi connectivity index (χ0) is 22.2. The Hall–Kier alpha value is -3.11. The maximum absolute atomic E-state index is 13.1. The fourth-order valence-electron chi connectivity index (χ4n) is 4.04. The molecule has 31 heavy (non-hydrogen) atoms. The fraction of sp³-hybridized carbons (Fsp3) is 0.500. The van der Waals surface area contributed by atoms with Crippen LogP contribution in [0.1, 0.15) is 48.9 Å². The van der Waals surface area contributed by atoms with Gasteiger partial charge in [0, 0.05) is 32.6 Å². The first-order valence-electron chi connectivity index (χ1n) is 10.1. The highest BCUT2D eigenvalue weighted by Gasteiger charge is 2.49. The number of carbonyl (C=O) groups is 1. The van der Waals surface area contributed by atoms with Gasteiger partial charge in [0.2, 0.25) is 11.6 Å². The molecule has 11 heteroatoms. The largest absolute Gasteiger partial charge is 0.391 e. The predicted octanol–water partition coefficient (Wildman–Crippen LogP) is 3.21. The van der Waals surface area contributed by atoms with E-state index in [2.05, 4.69) is 20.4 Å². The van der Waals surface area contributed by atoms with E-state index >= 15 is 0 Å². The second kappa shape index (κ2) is 7.86. The van der Waals surface area contributed by atoms with Crippen molar-refractivity contribution in [2.75, 3.05) is 11.4 Å². The molecule has 3 heterocycles. The molecule has 2 aromatic rings. The van der Waals surface area contributed by atoms with Crippen LogP contribution < -0.4 is 10.2 Å². The molecule has 1 spiro atoms. The number of nitrogens with one attached hydrogen (secondary N) is 1.